The van der Waals surface area contributed by atoms with Crippen molar-refractivity contribution < 1.29 is 9.15 Å². The maximum Gasteiger partial charge on any atom is 0.198 e. The summed E-state index contributed by atoms with van der Waals surface area (Å²) in [7, 11) is 0. The smallest absolute Gasteiger partial charge is 0.198 e. The molecule has 4 nitrogen and oxygen atoms in total. The highest BCUT2D eigenvalue weighted by Gasteiger charge is 2.20. The number of oxazole rings is 1. The molecule has 0 spiro atoms. The van der Waals surface area contributed by atoms with E-state index in [4.69, 9.17) is 9.15 Å². The second kappa shape index (κ2) is 5.78. The van der Waals surface area contributed by atoms with Crippen molar-refractivity contribution >= 4 is 11.1 Å². The maximum atomic E-state index is 5.87. The maximum absolute atomic E-state index is 5.87. The normalized spacial score (nSPS) is 17.4. The van der Waals surface area contributed by atoms with Gasteiger partial charge in [-0.15, -0.1) is 0 Å². The number of fused-ring (bicyclic) bond motifs is 1. The lowest BCUT2D eigenvalue weighted by Crippen LogP contribution is -2.37. The predicted molar refractivity (Wildman–Crippen MR) is 83.6 cm³/mol. The summed E-state index contributed by atoms with van der Waals surface area (Å²) in [5.74, 6) is 1.80. The number of nitrogens with zero attached hydrogens (tertiary/aromatic N) is 1. The molecule has 1 aliphatic heterocycles. The van der Waals surface area contributed by atoms with Crippen LogP contribution in [-0.4, -0.2) is 24.7 Å². The predicted octanol–water partition coefficient (Wildman–Crippen LogP) is 3.56. The number of nitrogens with one attached hydrogen (secondary N) is 1. The molecule has 1 aromatic heterocycles. The first-order valence-corrected chi connectivity index (χ1v) is 7.76. The summed E-state index contributed by atoms with van der Waals surface area (Å²) >= 11 is 0. The molecule has 2 aromatic rings. The van der Waals surface area contributed by atoms with Crippen LogP contribution in [0.3, 0.4) is 0 Å². The second-order valence-corrected chi connectivity index (χ2v) is 6.43. The zero-order valence-corrected chi connectivity index (χ0v) is 13.3. The van der Waals surface area contributed by atoms with Crippen LogP contribution in [0, 0.1) is 12.8 Å². The van der Waals surface area contributed by atoms with E-state index in [1.807, 2.05) is 0 Å². The Balaban J connectivity index is 1.81. The summed E-state index contributed by atoms with van der Waals surface area (Å²) in [5.41, 5.74) is 4.31. The molecule has 0 saturated carbocycles. The topological polar surface area (TPSA) is 47.3 Å². The Kier molecular flexibility index (Phi) is 4.00. The Hall–Kier alpha value is -1.39. The monoisotopic (exact) mass is 288 g/mol. The molecule has 0 bridgehead atoms. The highest BCUT2D eigenvalue weighted by Crippen LogP contribution is 2.27. The molecule has 1 atom stereocenters. The van der Waals surface area contributed by atoms with Crippen molar-refractivity contribution in [3.8, 4) is 0 Å². The molecule has 0 unspecified atom stereocenters. The van der Waals surface area contributed by atoms with Crippen LogP contribution in [-0.2, 0) is 4.74 Å². The Morgan fingerprint density at radius 1 is 1.29 bits per heavy atom. The minimum atomic E-state index is 0.313. The van der Waals surface area contributed by atoms with E-state index < -0.39 is 0 Å². The summed E-state index contributed by atoms with van der Waals surface area (Å²) in [6, 6.07) is 4.66. The quantitative estimate of drug-likeness (QED) is 0.914. The Bertz CT molecular complexity index is 629. The zero-order valence-electron chi connectivity index (χ0n) is 13.3. The summed E-state index contributed by atoms with van der Waals surface area (Å²) in [4.78, 5) is 4.62. The van der Waals surface area contributed by atoms with Gasteiger partial charge in [0.2, 0.25) is 0 Å². The molecule has 1 fully saturated rings. The van der Waals surface area contributed by atoms with E-state index in [0.717, 1.165) is 42.3 Å². The van der Waals surface area contributed by atoms with Crippen molar-refractivity contribution in [3.05, 3.63) is 29.2 Å². The number of benzene rings is 1. The first-order chi connectivity index (χ1) is 10.0. The summed E-state index contributed by atoms with van der Waals surface area (Å²) in [6.07, 6.45) is 0. The van der Waals surface area contributed by atoms with Crippen LogP contribution in [0.15, 0.2) is 16.5 Å². The van der Waals surface area contributed by atoms with Gasteiger partial charge in [0, 0.05) is 24.4 Å². The van der Waals surface area contributed by atoms with Crippen LogP contribution < -0.4 is 5.32 Å². The molecule has 1 aliphatic rings. The lowest BCUT2D eigenvalue weighted by atomic mass is 10.0. The van der Waals surface area contributed by atoms with Gasteiger partial charge in [-0.3, -0.25) is 0 Å². The van der Waals surface area contributed by atoms with Gasteiger partial charge >= 0.3 is 0 Å². The van der Waals surface area contributed by atoms with E-state index >= 15 is 0 Å². The number of hydrogen-bond acceptors (Lipinski definition) is 4. The average molecular weight is 288 g/mol. The average Bonchev–Trinajstić information content (AvgIpc) is 2.81. The van der Waals surface area contributed by atoms with Gasteiger partial charge in [0.15, 0.2) is 11.5 Å². The molecule has 0 amide bonds. The highest BCUT2D eigenvalue weighted by molar-refractivity contribution is 5.77. The standard InChI is InChI=1S/C17H24N2O2/c1-10(2)17-19-15-6-14(5-11(3)16(15)21-17)12(4)18-7-13-8-20-9-13/h5-6,10,12-13,18H,7-9H2,1-4H3/t12-/m1/s1. The number of rotatable bonds is 5. The Labute approximate surface area is 125 Å². The van der Waals surface area contributed by atoms with E-state index in [-0.39, 0.29) is 0 Å². The largest absolute Gasteiger partial charge is 0.440 e. The van der Waals surface area contributed by atoms with Gasteiger partial charge in [-0.25, -0.2) is 4.98 Å². The van der Waals surface area contributed by atoms with Crippen LogP contribution in [0.2, 0.25) is 0 Å². The fourth-order valence-corrected chi connectivity index (χ4v) is 2.61. The summed E-state index contributed by atoms with van der Waals surface area (Å²) in [5, 5.41) is 3.58. The molecule has 1 saturated heterocycles. The Morgan fingerprint density at radius 3 is 2.67 bits per heavy atom. The lowest BCUT2D eigenvalue weighted by molar-refractivity contribution is -0.0315. The molecule has 4 heteroatoms. The van der Waals surface area contributed by atoms with Crippen LogP contribution in [0.5, 0.6) is 0 Å². The van der Waals surface area contributed by atoms with Gasteiger partial charge in [0.25, 0.3) is 0 Å². The van der Waals surface area contributed by atoms with Crippen molar-refractivity contribution in [2.75, 3.05) is 19.8 Å². The molecular weight excluding hydrogens is 264 g/mol. The second-order valence-electron chi connectivity index (χ2n) is 6.43. The van der Waals surface area contributed by atoms with Crippen LogP contribution >= 0.6 is 0 Å². The Morgan fingerprint density at radius 2 is 2.05 bits per heavy atom. The molecule has 1 aromatic carbocycles. The third kappa shape index (κ3) is 2.97. The first kappa shape index (κ1) is 14.5. The zero-order chi connectivity index (χ0) is 15.0. The van der Waals surface area contributed by atoms with E-state index in [2.05, 4.69) is 50.1 Å². The van der Waals surface area contributed by atoms with Gasteiger partial charge < -0.3 is 14.5 Å². The SMILES string of the molecule is Cc1cc([C@@H](C)NCC2COC2)cc2nc(C(C)C)oc12. The summed E-state index contributed by atoms with van der Waals surface area (Å²) in [6.45, 7) is 11.3. The van der Waals surface area contributed by atoms with Gasteiger partial charge in [-0.05, 0) is 31.0 Å². The van der Waals surface area contributed by atoms with E-state index in [1.54, 1.807) is 0 Å². The van der Waals surface area contributed by atoms with Crippen molar-refractivity contribution in [1.82, 2.24) is 10.3 Å². The number of ether oxygens (including phenoxy) is 1. The van der Waals surface area contributed by atoms with Crippen LogP contribution in [0.4, 0.5) is 0 Å². The number of hydrogen-bond donors (Lipinski definition) is 1. The van der Waals surface area contributed by atoms with E-state index in [9.17, 15) is 0 Å². The number of aryl methyl sites for hydroxylation is 1. The minimum Gasteiger partial charge on any atom is -0.440 e. The first-order valence-electron chi connectivity index (χ1n) is 7.76. The van der Waals surface area contributed by atoms with Crippen LogP contribution in [0.1, 0.15) is 49.7 Å². The summed E-state index contributed by atoms with van der Waals surface area (Å²) < 4.78 is 11.1. The van der Waals surface area contributed by atoms with Gasteiger partial charge in [0.1, 0.15) is 5.52 Å². The fourth-order valence-electron chi connectivity index (χ4n) is 2.61. The van der Waals surface area contributed by atoms with Crippen molar-refractivity contribution in [2.24, 2.45) is 5.92 Å². The third-order valence-electron chi connectivity index (χ3n) is 4.13. The van der Waals surface area contributed by atoms with Crippen molar-refractivity contribution in [2.45, 2.75) is 39.7 Å². The van der Waals surface area contributed by atoms with Crippen LogP contribution in [0.25, 0.3) is 11.1 Å². The van der Waals surface area contributed by atoms with Gasteiger partial charge in [-0.2, -0.15) is 0 Å². The van der Waals surface area contributed by atoms with Gasteiger partial charge in [0.05, 0.1) is 13.2 Å². The molecule has 0 radical (unpaired) electrons. The molecule has 21 heavy (non-hydrogen) atoms. The van der Waals surface area contributed by atoms with E-state index in [1.165, 1.54) is 5.56 Å². The molecule has 3 rings (SSSR count). The molecule has 0 aliphatic carbocycles. The minimum absolute atomic E-state index is 0.313. The van der Waals surface area contributed by atoms with Gasteiger partial charge in [-0.1, -0.05) is 19.9 Å². The van der Waals surface area contributed by atoms with E-state index in [0.29, 0.717) is 17.9 Å². The lowest BCUT2D eigenvalue weighted by Gasteiger charge is -2.27. The fraction of sp³-hybridized carbons (Fsp3) is 0.588. The molecule has 2 heterocycles. The molecular formula is C17H24N2O2. The third-order valence-corrected chi connectivity index (χ3v) is 4.13. The highest BCUT2D eigenvalue weighted by atomic mass is 16.5. The van der Waals surface area contributed by atoms with Crippen molar-refractivity contribution in [1.29, 1.82) is 0 Å². The molecule has 114 valence electrons. The molecule has 1 N–H and O–H groups in total. The number of aromatic nitrogens is 1. The van der Waals surface area contributed by atoms with Crippen molar-refractivity contribution in [3.63, 3.8) is 0 Å².